The molecule has 1 N–H and O–H groups in total. The van der Waals surface area contributed by atoms with Gasteiger partial charge in [0.15, 0.2) is 12.4 Å². The smallest absolute Gasteiger partial charge is 0.306 e. The van der Waals surface area contributed by atoms with E-state index < -0.39 is 23.4 Å². The maximum Gasteiger partial charge on any atom is 0.306 e. The van der Waals surface area contributed by atoms with Crippen molar-refractivity contribution in [2.45, 2.75) is 12.8 Å². The standard InChI is InChI=1S/C18H15BrN2O6/c19-13-3-1-12(2-4-13)16(22)11-27-18(24)10-9-17(23)20-14-5-7-15(8-6-14)21(25)26/h1-8H,9-11H2,(H,20,23). The maximum atomic E-state index is 11.9. The zero-order valence-electron chi connectivity index (χ0n) is 14.0. The molecule has 0 heterocycles. The Kier molecular flexibility index (Phi) is 7.18. The van der Waals surface area contributed by atoms with Gasteiger partial charge in [0.25, 0.3) is 5.69 Å². The summed E-state index contributed by atoms with van der Waals surface area (Å²) in [6.07, 6.45) is -0.325. The molecule has 140 valence electrons. The summed E-state index contributed by atoms with van der Waals surface area (Å²) in [5, 5.41) is 13.1. The minimum absolute atomic E-state index is 0.0907. The molecule has 0 aliphatic carbocycles. The number of carbonyl (C=O) groups excluding carboxylic acids is 3. The number of nitrogens with zero attached hydrogens (tertiary/aromatic N) is 1. The Balaban J connectivity index is 1.72. The molecular formula is C18H15BrN2O6. The summed E-state index contributed by atoms with van der Waals surface area (Å²) in [5.74, 6) is -1.45. The van der Waals surface area contributed by atoms with Gasteiger partial charge in [-0.05, 0) is 24.3 Å². The van der Waals surface area contributed by atoms with E-state index in [0.29, 0.717) is 11.3 Å². The number of hydrogen-bond acceptors (Lipinski definition) is 6. The predicted octanol–water partition coefficient (Wildman–Crippen LogP) is 3.50. The molecule has 0 saturated carbocycles. The van der Waals surface area contributed by atoms with E-state index in [4.69, 9.17) is 4.74 Å². The number of benzene rings is 2. The number of non-ortho nitro benzene ring substituents is 1. The third-order valence-corrected chi connectivity index (χ3v) is 3.98. The normalized spacial score (nSPS) is 10.1. The Morgan fingerprint density at radius 2 is 1.63 bits per heavy atom. The number of Topliss-reactive ketones (excluding diaryl/α,β-unsaturated/α-hetero) is 1. The van der Waals surface area contributed by atoms with Crippen LogP contribution >= 0.6 is 15.9 Å². The average Bonchev–Trinajstić information content (AvgIpc) is 2.65. The van der Waals surface area contributed by atoms with Crippen LogP contribution in [0.4, 0.5) is 11.4 Å². The van der Waals surface area contributed by atoms with Gasteiger partial charge in [0, 0.05) is 34.3 Å². The summed E-state index contributed by atoms with van der Waals surface area (Å²) in [6, 6.07) is 11.9. The van der Waals surface area contributed by atoms with E-state index in [0.717, 1.165) is 4.47 Å². The largest absolute Gasteiger partial charge is 0.457 e. The van der Waals surface area contributed by atoms with Crippen molar-refractivity contribution in [2.24, 2.45) is 0 Å². The lowest BCUT2D eigenvalue weighted by molar-refractivity contribution is -0.384. The SMILES string of the molecule is O=C(CCC(=O)OCC(=O)c1ccc(Br)cc1)Nc1ccc([N+](=O)[O-])cc1. The molecule has 0 bridgehead atoms. The van der Waals surface area contributed by atoms with Crippen molar-refractivity contribution in [3.63, 3.8) is 0 Å². The van der Waals surface area contributed by atoms with E-state index in [1.807, 2.05) is 0 Å². The lowest BCUT2D eigenvalue weighted by Crippen LogP contribution is -2.17. The first-order valence-corrected chi connectivity index (χ1v) is 8.63. The van der Waals surface area contributed by atoms with Crippen LogP contribution in [0, 0.1) is 10.1 Å². The number of nitrogens with one attached hydrogen (secondary N) is 1. The molecule has 0 aliphatic rings. The first kappa shape index (κ1) is 20.2. The van der Waals surface area contributed by atoms with Crippen LogP contribution in [0.2, 0.25) is 0 Å². The molecule has 2 aromatic rings. The summed E-state index contributed by atoms with van der Waals surface area (Å²) in [5.41, 5.74) is 0.707. The highest BCUT2D eigenvalue weighted by Crippen LogP contribution is 2.16. The minimum atomic E-state index is -0.667. The minimum Gasteiger partial charge on any atom is -0.457 e. The van der Waals surface area contributed by atoms with Crippen molar-refractivity contribution in [3.8, 4) is 0 Å². The Bertz CT molecular complexity index is 849. The van der Waals surface area contributed by atoms with Gasteiger partial charge >= 0.3 is 5.97 Å². The topological polar surface area (TPSA) is 116 Å². The van der Waals surface area contributed by atoms with Gasteiger partial charge in [0.2, 0.25) is 5.91 Å². The van der Waals surface area contributed by atoms with Gasteiger partial charge in [0.1, 0.15) is 0 Å². The summed E-state index contributed by atoms with van der Waals surface area (Å²) >= 11 is 3.26. The third kappa shape index (κ3) is 6.63. The molecule has 1 amide bonds. The van der Waals surface area contributed by atoms with Gasteiger partial charge in [-0.2, -0.15) is 0 Å². The Morgan fingerprint density at radius 3 is 2.22 bits per heavy atom. The fraction of sp³-hybridized carbons (Fsp3) is 0.167. The quantitative estimate of drug-likeness (QED) is 0.294. The zero-order valence-corrected chi connectivity index (χ0v) is 15.6. The predicted molar refractivity (Wildman–Crippen MR) is 100 cm³/mol. The third-order valence-electron chi connectivity index (χ3n) is 3.45. The number of esters is 1. The van der Waals surface area contributed by atoms with Gasteiger partial charge in [-0.3, -0.25) is 24.5 Å². The van der Waals surface area contributed by atoms with Crippen LogP contribution in [0.3, 0.4) is 0 Å². The molecule has 0 atom stereocenters. The van der Waals surface area contributed by atoms with Gasteiger partial charge in [0.05, 0.1) is 11.3 Å². The summed E-state index contributed by atoms with van der Waals surface area (Å²) in [4.78, 5) is 45.4. The highest BCUT2D eigenvalue weighted by atomic mass is 79.9. The van der Waals surface area contributed by atoms with Crippen molar-refractivity contribution in [1.82, 2.24) is 0 Å². The van der Waals surface area contributed by atoms with Crippen LogP contribution in [0.15, 0.2) is 53.0 Å². The van der Waals surface area contributed by atoms with Gasteiger partial charge in [-0.15, -0.1) is 0 Å². The number of ketones is 1. The van der Waals surface area contributed by atoms with Crippen molar-refractivity contribution < 1.29 is 24.0 Å². The molecule has 0 aliphatic heterocycles. The fourth-order valence-electron chi connectivity index (χ4n) is 2.04. The second-order valence-electron chi connectivity index (χ2n) is 5.44. The molecule has 0 radical (unpaired) electrons. The number of rotatable bonds is 8. The number of amides is 1. The summed E-state index contributed by atoms with van der Waals surface area (Å²) in [7, 11) is 0. The first-order valence-electron chi connectivity index (χ1n) is 7.84. The molecule has 0 saturated heterocycles. The second kappa shape index (κ2) is 9.58. The van der Waals surface area contributed by atoms with E-state index in [9.17, 15) is 24.5 Å². The molecule has 9 heteroatoms. The van der Waals surface area contributed by atoms with E-state index in [-0.39, 0.29) is 24.3 Å². The maximum absolute atomic E-state index is 11.9. The number of halogens is 1. The zero-order chi connectivity index (χ0) is 19.8. The molecule has 8 nitrogen and oxygen atoms in total. The lowest BCUT2D eigenvalue weighted by atomic mass is 10.1. The number of ether oxygens (including phenoxy) is 1. The summed E-state index contributed by atoms with van der Waals surface area (Å²) < 4.78 is 5.70. The van der Waals surface area contributed by atoms with Gasteiger partial charge in [-0.25, -0.2) is 0 Å². The molecule has 0 aromatic heterocycles. The van der Waals surface area contributed by atoms with Crippen molar-refractivity contribution >= 4 is 45.0 Å². The fourth-order valence-corrected chi connectivity index (χ4v) is 2.31. The monoisotopic (exact) mass is 434 g/mol. The highest BCUT2D eigenvalue weighted by Gasteiger charge is 2.12. The van der Waals surface area contributed by atoms with Crippen LogP contribution in [0.5, 0.6) is 0 Å². The van der Waals surface area contributed by atoms with Crippen LogP contribution < -0.4 is 5.32 Å². The molecular weight excluding hydrogens is 420 g/mol. The molecule has 27 heavy (non-hydrogen) atoms. The highest BCUT2D eigenvalue weighted by molar-refractivity contribution is 9.10. The second-order valence-corrected chi connectivity index (χ2v) is 6.36. The number of nitro groups is 1. The molecule has 0 unspecified atom stereocenters. The number of carbonyl (C=O) groups is 3. The first-order chi connectivity index (χ1) is 12.8. The summed E-state index contributed by atoms with van der Waals surface area (Å²) in [6.45, 7) is -0.398. The van der Waals surface area contributed by atoms with Gasteiger partial charge < -0.3 is 10.1 Å². The molecule has 0 spiro atoms. The molecule has 0 fully saturated rings. The van der Waals surface area contributed by atoms with E-state index in [1.165, 1.54) is 24.3 Å². The number of hydrogen-bond donors (Lipinski definition) is 1. The van der Waals surface area contributed by atoms with E-state index in [2.05, 4.69) is 21.2 Å². The molecule has 2 aromatic carbocycles. The van der Waals surface area contributed by atoms with E-state index >= 15 is 0 Å². The number of anilines is 1. The Labute approximate surface area is 162 Å². The van der Waals surface area contributed by atoms with Crippen LogP contribution in [-0.4, -0.2) is 29.2 Å². The van der Waals surface area contributed by atoms with Crippen molar-refractivity contribution in [2.75, 3.05) is 11.9 Å². The van der Waals surface area contributed by atoms with Crippen LogP contribution in [-0.2, 0) is 14.3 Å². The van der Waals surface area contributed by atoms with Crippen molar-refractivity contribution in [3.05, 3.63) is 68.7 Å². The van der Waals surface area contributed by atoms with Crippen molar-refractivity contribution in [1.29, 1.82) is 0 Å². The molecule has 2 rings (SSSR count). The lowest BCUT2D eigenvalue weighted by Gasteiger charge is -2.06. The number of nitro benzene ring substituents is 1. The van der Waals surface area contributed by atoms with E-state index in [1.54, 1.807) is 24.3 Å². The van der Waals surface area contributed by atoms with Crippen LogP contribution in [0.1, 0.15) is 23.2 Å². The Hall–Kier alpha value is -3.07. The van der Waals surface area contributed by atoms with Gasteiger partial charge in [-0.1, -0.05) is 28.1 Å². The Morgan fingerprint density at radius 1 is 1.00 bits per heavy atom. The van der Waals surface area contributed by atoms with Crippen LogP contribution in [0.25, 0.3) is 0 Å². The average molecular weight is 435 g/mol.